The van der Waals surface area contributed by atoms with Gasteiger partial charge in [-0.1, -0.05) is 98.7 Å². The second kappa shape index (κ2) is 16.1. The van der Waals surface area contributed by atoms with Gasteiger partial charge in [0.2, 0.25) is 0 Å². The van der Waals surface area contributed by atoms with Crippen LogP contribution in [0.3, 0.4) is 0 Å². The molecule has 0 saturated heterocycles. The third-order valence-electron chi connectivity index (χ3n) is 3.82. The lowest BCUT2D eigenvalue weighted by Crippen LogP contribution is -2.09. The van der Waals surface area contributed by atoms with Gasteiger partial charge in [-0.2, -0.15) is 0 Å². The van der Waals surface area contributed by atoms with Crippen LogP contribution >= 0.6 is 0 Å². The molecule has 0 atom stereocenters. The maximum atomic E-state index is 2.29. The zero-order chi connectivity index (χ0) is 13.5. The fraction of sp³-hybridized carbons (Fsp3) is 1.00. The average Bonchev–Trinajstić information content (AvgIpc) is 2.33. The Labute approximate surface area is 112 Å². The summed E-state index contributed by atoms with van der Waals surface area (Å²) < 4.78 is 0. The number of hydrogen-bond donors (Lipinski definition) is 0. The summed E-state index contributed by atoms with van der Waals surface area (Å²) in [5.41, 5.74) is 0. The highest BCUT2D eigenvalue weighted by molar-refractivity contribution is 6.58. The first-order chi connectivity index (χ1) is 8.19. The predicted octanol–water partition coefficient (Wildman–Crippen LogP) is 6.25. The van der Waals surface area contributed by atoms with E-state index in [1.807, 2.05) is 0 Å². The zero-order valence-corrected chi connectivity index (χ0v) is 13.5. The summed E-state index contributed by atoms with van der Waals surface area (Å²) in [6, 6.07) is 0. The SMILES string of the molecule is CCB(CC)CC.CCCB(CCC)CCC. The Balaban J connectivity index is 0. The molecule has 102 valence electrons. The molecule has 0 aromatic heterocycles. The van der Waals surface area contributed by atoms with Crippen LogP contribution in [0.15, 0.2) is 0 Å². The maximum Gasteiger partial charge on any atom is 0.139 e. The van der Waals surface area contributed by atoms with Crippen LogP contribution in [-0.2, 0) is 0 Å². The van der Waals surface area contributed by atoms with E-state index in [0.717, 1.165) is 13.4 Å². The van der Waals surface area contributed by atoms with E-state index in [1.165, 1.54) is 57.2 Å². The Morgan fingerprint density at radius 1 is 0.471 bits per heavy atom. The minimum Gasteiger partial charge on any atom is -0.0770 e. The summed E-state index contributed by atoms with van der Waals surface area (Å²) in [6.45, 7) is 15.7. The second-order valence-electron chi connectivity index (χ2n) is 5.32. The largest absolute Gasteiger partial charge is 0.139 e. The molecule has 0 amide bonds. The third-order valence-corrected chi connectivity index (χ3v) is 3.82. The van der Waals surface area contributed by atoms with E-state index < -0.39 is 0 Å². The molecule has 2 heteroatoms. The Kier molecular flexibility index (Phi) is 18.5. The summed E-state index contributed by atoms with van der Waals surface area (Å²) in [4.78, 5) is 0. The van der Waals surface area contributed by atoms with Crippen molar-refractivity contribution in [3.8, 4) is 0 Å². The Hall–Kier alpha value is 0.130. The smallest absolute Gasteiger partial charge is 0.0770 e. The molecular weight excluding hydrogens is 202 g/mol. The van der Waals surface area contributed by atoms with Crippen molar-refractivity contribution in [2.24, 2.45) is 0 Å². The molecule has 0 N–H and O–H groups in total. The highest BCUT2D eigenvalue weighted by atomic mass is 13.8. The van der Waals surface area contributed by atoms with Crippen molar-refractivity contribution in [2.45, 2.75) is 98.7 Å². The van der Waals surface area contributed by atoms with Crippen LogP contribution in [0.1, 0.15) is 60.8 Å². The van der Waals surface area contributed by atoms with Crippen LogP contribution in [0, 0.1) is 0 Å². The average molecular weight is 238 g/mol. The van der Waals surface area contributed by atoms with Crippen molar-refractivity contribution >= 4 is 13.4 Å². The molecule has 0 heterocycles. The molecular formula is C15H36B2. The van der Waals surface area contributed by atoms with E-state index in [4.69, 9.17) is 0 Å². The Morgan fingerprint density at radius 3 is 0.882 bits per heavy atom. The van der Waals surface area contributed by atoms with Gasteiger partial charge in [-0.25, -0.2) is 0 Å². The molecule has 0 unspecified atom stereocenters. The summed E-state index contributed by atoms with van der Waals surface area (Å²) in [5.74, 6) is 0. The molecule has 0 aliphatic heterocycles. The van der Waals surface area contributed by atoms with Crippen molar-refractivity contribution in [3.63, 3.8) is 0 Å². The van der Waals surface area contributed by atoms with E-state index in [9.17, 15) is 0 Å². The van der Waals surface area contributed by atoms with Gasteiger partial charge >= 0.3 is 0 Å². The van der Waals surface area contributed by atoms with E-state index in [0.29, 0.717) is 0 Å². The quantitative estimate of drug-likeness (QED) is 0.416. The molecule has 0 radical (unpaired) electrons. The van der Waals surface area contributed by atoms with Crippen molar-refractivity contribution in [3.05, 3.63) is 0 Å². The first kappa shape index (κ1) is 19.5. The summed E-state index contributed by atoms with van der Waals surface area (Å²) >= 11 is 0. The van der Waals surface area contributed by atoms with Gasteiger partial charge in [-0.3, -0.25) is 0 Å². The van der Waals surface area contributed by atoms with Crippen LogP contribution in [0.25, 0.3) is 0 Å². The topological polar surface area (TPSA) is 0 Å². The van der Waals surface area contributed by atoms with Gasteiger partial charge in [0, 0.05) is 0 Å². The number of hydrogen-bond acceptors (Lipinski definition) is 0. The lowest BCUT2D eigenvalue weighted by Gasteiger charge is -2.08. The molecule has 0 nitrogen and oxygen atoms in total. The highest BCUT2D eigenvalue weighted by Gasteiger charge is 2.08. The second-order valence-corrected chi connectivity index (χ2v) is 5.32. The normalized spacial score (nSPS) is 9.53. The van der Waals surface area contributed by atoms with Gasteiger partial charge in [0.05, 0.1) is 0 Å². The molecule has 0 aliphatic rings. The summed E-state index contributed by atoms with van der Waals surface area (Å²) in [7, 11) is 0. The van der Waals surface area contributed by atoms with E-state index in [-0.39, 0.29) is 0 Å². The molecule has 0 aromatic rings. The lowest BCUT2D eigenvalue weighted by atomic mass is 9.41. The van der Waals surface area contributed by atoms with Crippen LogP contribution in [0.4, 0.5) is 0 Å². The minimum absolute atomic E-state index is 0.986. The Morgan fingerprint density at radius 2 is 0.765 bits per heavy atom. The van der Waals surface area contributed by atoms with Gasteiger partial charge in [-0.15, -0.1) is 0 Å². The van der Waals surface area contributed by atoms with Crippen molar-refractivity contribution in [2.75, 3.05) is 0 Å². The van der Waals surface area contributed by atoms with Crippen molar-refractivity contribution < 1.29 is 0 Å². The van der Waals surface area contributed by atoms with Gasteiger partial charge in [-0.05, 0) is 0 Å². The fourth-order valence-corrected chi connectivity index (χ4v) is 2.52. The van der Waals surface area contributed by atoms with E-state index >= 15 is 0 Å². The van der Waals surface area contributed by atoms with Crippen LogP contribution in [0.5, 0.6) is 0 Å². The van der Waals surface area contributed by atoms with Crippen LogP contribution < -0.4 is 0 Å². The van der Waals surface area contributed by atoms with Gasteiger partial charge in [0.1, 0.15) is 13.4 Å². The highest BCUT2D eigenvalue weighted by Crippen LogP contribution is 2.11. The molecule has 0 aliphatic carbocycles. The minimum atomic E-state index is 0.986. The monoisotopic (exact) mass is 238 g/mol. The van der Waals surface area contributed by atoms with Crippen LogP contribution in [0.2, 0.25) is 37.9 Å². The van der Waals surface area contributed by atoms with Gasteiger partial charge in [0.15, 0.2) is 0 Å². The molecule has 0 bridgehead atoms. The first-order valence-corrected chi connectivity index (χ1v) is 8.19. The molecule has 0 fully saturated rings. The standard InChI is InChI=1S/C9H21B.C6H15B/c1-4-7-10(8-5-2)9-6-3;1-4-7(5-2)6-3/h4-9H2,1-3H3;4-6H2,1-3H3. The Bertz CT molecular complexity index is 102. The summed E-state index contributed by atoms with van der Waals surface area (Å²) in [5, 5.41) is 0. The maximum absolute atomic E-state index is 2.29. The number of rotatable bonds is 9. The first-order valence-electron chi connectivity index (χ1n) is 8.19. The van der Waals surface area contributed by atoms with Crippen molar-refractivity contribution in [1.29, 1.82) is 0 Å². The summed E-state index contributed by atoms with van der Waals surface area (Å²) in [6.07, 6.45) is 12.5. The van der Waals surface area contributed by atoms with E-state index in [2.05, 4.69) is 41.5 Å². The fourth-order valence-electron chi connectivity index (χ4n) is 2.52. The predicted molar refractivity (Wildman–Crippen MR) is 88.2 cm³/mol. The van der Waals surface area contributed by atoms with Gasteiger partial charge < -0.3 is 0 Å². The zero-order valence-electron chi connectivity index (χ0n) is 13.5. The van der Waals surface area contributed by atoms with E-state index in [1.54, 1.807) is 0 Å². The van der Waals surface area contributed by atoms with Crippen molar-refractivity contribution in [1.82, 2.24) is 0 Å². The molecule has 0 rings (SSSR count). The molecule has 17 heavy (non-hydrogen) atoms. The molecule has 0 spiro atoms. The van der Waals surface area contributed by atoms with Gasteiger partial charge in [0.25, 0.3) is 0 Å². The lowest BCUT2D eigenvalue weighted by molar-refractivity contribution is 0.957. The third kappa shape index (κ3) is 14.1. The molecule has 0 saturated carbocycles. The molecule has 0 aromatic carbocycles. The van der Waals surface area contributed by atoms with Crippen LogP contribution in [-0.4, -0.2) is 13.4 Å².